The summed E-state index contributed by atoms with van der Waals surface area (Å²) in [6.45, 7) is 0.417. The van der Waals surface area contributed by atoms with Crippen molar-refractivity contribution in [3.05, 3.63) is 115 Å². The predicted molar refractivity (Wildman–Crippen MR) is 146 cm³/mol. The molecule has 0 aliphatic heterocycles. The van der Waals surface area contributed by atoms with Crippen molar-refractivity contribution in [2.45, 2.75) is 11.4 Å². The van der Waals surface area contributed by atoms with Crippen molar-refractivity contribution in [1.29, 1.82) is 0 Å². The number of urea groups is 1. The van der Waals surface area contributed by atoms with Crippen LogP contribution in [0.3, 0.4) is 0 Å². The van der Waals surface area contributed by atoms with E-state index in [1.165, 1.54) is 0 Å². The number of carbonyl (C=O) groups excluding carboxylic acids is 1. The fourth-order valence-electron chi connectivity index (χ4n) is 3.83. The second kappa shape index (κ2) is 11.4. The van der Waals surface area contributed by atoms with Crippen LogP contribution in [0.5, 0.6) is 0 Å². The van der Waals surface area contributed by atoms with E-state index in [0.29, 0.717) is 22.8 Å². The Morgan fingerprint density at radius 2 is 1.53 bits per heavy atom. The van der Waals surface area contributed by atoms with Crippen LogP contribution in [0.15, 0.2) is 114 Å². The lowest BCUT2D eigenvalue weighted by atomic mass is 10.1. The van der Waals surface area contributed by atoms with Crippen molar-refractivity contribution in [3.63, 3.8) is 0 Å². The molecule has 36 heavy (non-hydrogen) atoms. The Labute approximate surface area is 211 Å². The minimum Gasteiger partial charge on any atom is -0.412 e. The standard InChI is InChI=1S/C28H24N4O2S.H2O/c33-28(30-19-20-10-11-22-16-17-29-26(22)18-20)31-23-12-14-24(15-13-23)32-35(34)27-9-5-4-8-25(27)21-6-2-1-3-7-21;/h1-18,29,32H,19H2,(H2,30,31,33);1H2. The zero-order valence-corrected chi connectivity index (χ0v) is 20.1. The molecule has 1 unspecified atom stereocenters. The topological polar surface area (TPSA) is 118 Å². The molecule has 0 aliphatic rings. The van der Waals surface area contributed by atoms with Crippen LogP contribution in [0.4, 0.5) is 16.2 Å². The second-order valence-electron chi connectivity index (χ2n) is 8.02. The van der Waals surface area contributed by atoms with Gasteiger partial charge in [0.1, 0.15) is 0 Å². The van der Waals surface area contributed by atoms with E-state index in [1.54, 1.807) is 24.3 Å². The van der Waals surface area contributed by atoms with E-state index < -0.39 is 11.0 Å². The van der Waals surface area contributed by atoms with Crippen LogP contribution in [-0.4, -0.2) is 20.7 Å². The highest BCUT2D eigenvalue weighted by Crippen LogP contribution is 2.27. The number of carbonyl (C=O) groups is 1. The molecule has 5 aromatic rings. The van der Waals surface area contributed by atoms with E-state index in [-0.39, 0.29) is 11.5 Å². The van der Waals surface area contributed by atoms with Crippen LogP contribution in [0.25, 0.3) is 22.0 Å². The third-order valence-electron chi connectivity index (χ3n) is 5.60. The molecule has 0 spiro atoms. The van der Waals surface area contributed by atoms with Crippen molar-refractivity contribution in [3.8, 4) is 11.1 Å². The average molecular weight is 499 g/mol. The van der Waals surface area contributed by atoms with Crippen LogP contribution >= 0.6 is 0 Å². The zero-order valence-electron chi connectivity index (χ0n) is 19.3. The maximum Gasteiger partial charge on any atom is 0.319 e. The monoisotopic (exact) mass is 498 g/mol. The lowest BCUT2D eigenvalue weighted by Gasteiger charge is -2.12. The van der Waals surface area contributed by atoms with E-state index in [2.05, 4.69) is 20.3 Å². The summed E-state index contributed by atoms with van der Waals surface area (Å²) in [4.78, 5) is 16.2. The van der Waals surface area contributed by atoms with Gasteiger partial charge in [0.2, 0.25) is 0 Å². The molecule has 0 saturated heterocycles. The molecule has 2 amide bonds. The van der Waals surface area contributed by atoms with Crippen molar-refractivity contribution < 1.29 is 14.5 Å². The Balaban J connectivity index is 0.00000304. The van der Waals surface area contributed by atoms with E-state index in [4.69, 9.17) is 0 Å². The number of amides is 2. The van der Waals surface area contributed by atoms with Gasteiger partial charge in [-0.25, -0.2) is 9.00 Å². The molecule has 0 aliphatic carbocycles. The maximum absolute atomic E-state index is 13.1. The Morgan fingerprint density at radius 1 is 0.806 bits per heavy atom. The quantitative estimate of drug-likeness (QED) is 0.238. The van der Waals surface area contributed by atoms with Crippen molar-refractivity contribution in [1.82, 2.24) is 10.3 Å². The number of anilines is 2. The molecule has 6 N–H and O–H groups in total. The highest BCUT2D eigenvalue weighted by Gasteiger charge is 2.11. The molecule has 7 nitrogen and oxygen atoms in total. The van der Waals surface area contributed by atoms with Gasteiger partial charge in [-0.2, -0.15) is 0 Å². The highest BCUT2D eigenvalue weighted by molar-refractivity contribution is 7.86. The van der Waals surface area contributed by atoms with E-state index in [0.717, 1.165) is 27.6 Å². The second-order valence-corrected chi connectivity index (χ2v) is 9.20. The number of rotatable bonds is 7. The van der Waals surface area contributed by atoms with Crippen LogP contribution < -0.4 is 15.4 Å². The van der Waals surface area contributed by atoms with Crippen LogP contribution in [0, 0.1) is 0 Å². The molecule has 1 heterocycles. The van der Waals surface area contributed by atoms with Crippen LogP contribution in [-0.2, 0) is 17.5 Å². The summed E-state index contributed by atoms with van der Waals surface area (Å²) < 4.78 is 16.1. The van der Waals surface area contributed by atoms with E-state index >= 15 is 0 Å². The zero-order chi connectivity index (χ0) is 24.0. The van der Waals surface area contributed by atoms with Gasteiger partial charge in [-0.3, -0.25) is 0 Å². The minimum atomic E-state index is -1.45. The smallest absolute Gasteiger partial charge is 0.319 e. The summed E-state index contributed by atoms with van der Waals surface area (Å²) in [5, 5.41) is 6.83. The van der Waals surface area contributed by atoms with Gasteiger partial charge in [0.15, 0.2) is 11.0 Å². The molecular weight excluding hydrogens is 472 g/mol. The Bertz CT molecular complexity index is 1480. The molecule has 1 aromatic heterocycles. The molecule has 182 valence electrons. The molecule has 5 rings (SSSR count). The average Bonchev–Trinajstić information content (AvgIpc) is 3.37. The van der Waals surface area contributed by atoms with Gasteiger partial charge >= 0.3 is 6.03 Å². The van der Waals surface area contributed by atoms with Crippen molar-refractivity contribution in [2.75, 3.05) is 10.0 Å². The molecule has 0 radical (unpaired) electrons. The molecule has 8 heteroatoms. The summed E-state index contributed by atoms with van der Waals surface area (Å²) in [7, 11) is -1.45. The summed E-state index contributed by atoms with van der Waals surface area (Å²) in [5.74, 6) is 0. The first-order valence-corrected chi connectivity index (χ1v) is 12.3. The summed E-state index contributed by atoms with van der Waals surface area (Å²) in [5.41, 5.74) is 5.31. The molecule has 1 atom stereocenters. The number of hydrogen-bond donors (Lipinski definition) is 4. The number of hydrogen-bond acceptors (Lipinski definition) is 2. The molecule has 0 bridgehead atoms. The van der Waals surface area contributed by atoms with E-state index in [1.807, 2.05) is 85.1 Å². The highest BCUT2D eigenvalue weighted by atomic mass is 32.2. The fourth-order valence-corrected chi connectivity index (χ4v) is 4.88. The van der Waals surface area contributed by atoms with E-state index in [9.17, 15) is 9.00 Å². The van der Waals surface area contributed by atoms with Gasteiger partial charge in [0.05, 0.1) is 4.90 Å². The Morgan fingerprint density at radius 3 is 2.33 bits per heavy atom. The van der Waals surface area contributed by atoms with Crippen molar-refractivity contribution in [2.24, 2.45) is 0 Å². The lowest BCUT2D eigenvalue weighted by molar-refractivity contribution is 0.251. The van der Waals surface area contributed by atoms with Crippen molar-refractivity contribution >= 4 is 39.3 Å². The van der Waals surface area contributed by atoms with Crippen LogP contribution in [0.1, 0.15) is 5.56 Å². The van der Waals surface area contributed by atoms with Gasteiger partial charge in [0, 0.05) is 29.6 Å². The number of H-pyrrole nitrogens is 1. The maximum atomic E-state index is 13.1. The number of nitrogens with one attached hydrogen (secondary N) is 4. The normalized spacial score (nSPS) is 11.3. The van der Waals surface area contributed by atoms with Gasteiger partial charge in [-0.15, -0.1) is 0 Å². The first-order chi connectivity index (χ1) is 17.2. The summed E-state index contributed by atoms with van der Waals surface area (Å²) >= 11 is 0. The largest absolute Gasteiger partial charge is 0.412 e. The third kappa shape index (κ3) is 5.80. The van der Waals surface area contributed by atoms with Crippen LogP contribution in [0.2, 0.25) is 0 Å². The molecule has 4 aromatic carbocycles. The minimum absolute atomic E-state index is 0. The fraction of sp³-hybridized carbons (Fsp3) is 0.0357. The number of fused-ring (bicyclic) bond motifs is 1. The number of aromatic amines is 1. The molecule has 0 saturated carbocycles. The Hall–Kier alpha value is -4.40. The molecular formula is C28H26N4O3S. The Kier molecular flexibility index (Phi) is 7.79. The van der Waals surface area contributed by atoms with Gasteiger partial charge in [0.25, 0.3) is 0 Å². The first-order valence-electron chi connectivity index (χ1n) is 11.2. The molecule has 0 fully saturated rings. The SMILES string of the molecule is O.O=C(NCc1ccc2cc[nH]c2c1)Nc1ccc(NS(=O)c2ccccc2-c2ccccc2)cc1. The predicted octanol–water partition coefficient (Wildman–Crippen LogP) is 5.47. The third-order valence-corrected chi connectivity index (χ3v) is 6.77. The van der Waals surface area contributed by atoms with Gasteiger partial charge in [-0.05, 0) is 64.5 Å². The summed E-state index contributed by atoms with van der Waals surface area (Å²) in [6.07, 6.45) is 1.89. The van der Waals surface area contributed by atoms with Gasteiger partial charge < -0.3 is 25.8 Å². The number of benzene rings is 4. The lowest BCUT2D eigenvalue weighted by Crippen LogP contribution is -2.28. The van der Waals surface area contributed by atoms with Gasteiger partial charge in [-0.1, -0.05) is 60.7 Å². The number of aromatic nitrogens is 1. The first kappa shape index (κ1) is 24.7. The summed E-state index contributed by atoms with van der Waals surface area (Å²) in [6, 6.07) is 32.4.